The molecule has 2 N–H and O–H groups in total. The normalized spacial score (nSPS) is 16.5. The van der Waals surface area contributed by atoms with Crippen molar-refractivity contribution in [2.24, 2.45) is 4.99 Å². The van der Waals surface area contributed by atoms with Gasteiger partial charge in [-0.15, -0.1) is 24.0 Å². The summed E-state index contributed by atoms with van der Waals surface area (Å²) in [5.74, 6) is 1.69. The number of rotatable bonds is 4. The summed E-state index contributed by atoms with van der Waals surface area (Å²) >= 11 is 0. The molecule has 0 saturated carbocycles. The molecule has 24 heavy (non-hydrogen) atoms. The number of aromatic nitrogens is 2. The van der Waals surface area contributed by atoms with E-state index in [1.807, 2.05) is 6.07 Å². The van der Waals surface area contributed by atoms with E-state index >= 15 is 0 Å². The molecule has 1 aromatic heterocycles. The minimum Gasteiger partial charge on any atom is -0.355 e. The van der Waals surface area contributed by atoms with Crippen LogP contribution in [0.1, 0.15) is 20.8 Å². The molecular formula is C16H30IN7. The van der Waals surface area contributed by atoms with Crippen LogP contribution in [0.3, 0.4) is 0 Å². The summed E-state index contributed by atoms with van der Waals surface area (Å²) in [6, 6.07) is 1.85. The third-order valence-electron chi connectivity index (χ3n) is 3.64. The molecule has 8 heteroatoms. The maximum Gasteiger partial charge on any atom is 0.225 e. The highest BCUT2D eigenvalue weighted by atomic mass is 127. The molecule has 1 aliphatic heterocycles. The van der Waals surface area contributed by atoms with Crippen molar-refractivity contribution in [1.29, 1.82) is 0 Å². The molecule has 1 fully saturated rings. The van der Waals surface area contributed by atoms with Crippen molar-refractivity contribution in [2.75, 3.05) is 51.2 Å². The van der Waals surface area contributed by atoms with Crippen molar-refractivity contribution in [3.8, 4) is 0 Å². The molecule has 1 saturated heterocycles. The summed E-state index contributed by atoms with van der Waals surface area (Å²) in [6.07, 6.45) is 3.60. The van der Waals surface area contributed by atoms with Gasteiger partial charge in [0.25, 0.3) is 0 Å². The number of halogens is 1. The largest absolute Gasteiger partial charge is 0.355 e. The number of nitrogens with zero attached hydrogens (tertiary/aromatic N) is 5. The van der Waals surface area contributed by atoms with Gasteiger partial charge in [0.2, 0.25) is 5.95 Å². The number of aliphatic imine (C=N–C) groups is 1. The van der Waals surface area contributed by atoms with Gasteiger partial charge in [-0.3, -0.25) is 9.89 Å². The smallest absolute Gasteiger partial charge is 0.225 e. The Hall–Kier alpha value is -1.16. The second-order valence-corrected chi connectivity index (χ2v) is 6.75. The number of guanidine groups is 1. The van der Waals surface area contributed by atoms with Crippen molar-refractivity contribution >= 4 is 35.9 Å². The first kappa shape index (κ1) is 20.9. The number of piperazine rings is 1. The van der Waals surface area contributed by atoms with E-state index < -0.39 is 0 Å². The third-order valence-corrected chi connectivity index (χ3v) is 3.64. The first-order valence-electron chi connectivity index (χ1n) is 8.21. The molecule has 0 amide bonds. The highest BCUT2D eigenvalue weighted by Gasteiger charge is 2.18. The number of anilines is 1. The molecule has 0 bridgehead atoms. The van der Waals surface area contributed by atoms with Crippen molar-refractivity contribution in [3.63, 3.8) is 0 Å². The van der Waals surface area contributed by atoms with Crippen molar-refractivity contribution in [2.45, 2.75) is 26.3 Å². The lowest BCUT2D eigenvalue weighted by Crippen LogP contribution is -2.51. The van der Waals surface area contributed by atoms with Gasteiger partial charge in [-0.05, 0) is 26.8 Å². The molecule has 0 radical (unpaired) electrons. The maximum atomic E-state index is 4.32. The SMILES string of the molecule is CN=C(NCCN1CCN(c2ncccn2)CC1)NC(C)(C)C.I. The average molecular weight is 447 g/mol. The number of hydrogen-bond donors (Lipinski definition) is 2. The Labute approximate surface area is 162 Å². The van der Waals surface area contributed by atoms with Crippen LogP contribution in [0.25, 0.3) is 0 Å². The summed E-state index contributed by atoms with van der Waals surface area (Å²) in [5.41, 5.74) is 0.0170. The molecule has 0 aliphatic carbocycles. The fourth-order valence-corrected chi connectivity index (χ4v) is 2.49. The first-order valence-corrected chi connectivity index (χ1v) is 8.21. The average Bonchev–Trinajstić information content (AvgIpc) is 2.54. The zero-order valence-electron chi connectivity index (χ0n) is 15.1. The lowest BCUT2D eigenvalue weighted by molar-refractivity contribution is 0.260. The predicted molar refractivity (Wildman–Crippen MR) is 110 cm³/mol. The summed E-state index contributed by atoms with van der Waals surface area (Å²) in [7, 11) is 1.81. The molecule has 0 spiro atoms. The van der Waals surface area contributed by atoms with Gasteiger partial charge in [-0.25, -0.2) is 9.97 Å². The van der Waals surface area contributed by atoms with Crippen LogP contribution in [0.5, 0.6) is 0 Å². The van der Waals surface area contributed by atoms with E-state index in [1.54, 1.807) is 19.4 Å². The minimum atomic E-state index is 0. The molecule has 0 atom stereocenters. The predicted octanol–water partition coefficient (Wildman–Crippen LogP) is 1.18. The fraction of sp³-hybridized carbons (Fsp3) is 0.688. The Morgan fingerprint density at radius 1 is 1.17 bits per heavy atom. The van der Waals surface area contributed by atoms with E-state index in [1.165, 1.54) is 0 Å². The molecular weight excluding hydrogens is 417 g/mol. The zero-order valence-corrected chi connectivity index (χ0v) is 17.4. The van der Waals surface area contributed by atoms with Gasteiger partial charge in [0, 0.05) is 64.2 Å². The molecule has 2 rings (SSSR count). The molecule has 0 aromatic carbocycles. The highest BCUT2D eigenvalue weighted by molar-refractivity contribution is 14.0. The Balaban J connectivity index is 0.00000288. The Bertz CT molecular complexity index is 493. The molecule has 7 nitrogen and oxygen atoms in total. The number of nitrogens with one attached hydrogen (secondary N) is 2. The van der Waals surface area contributed by atoms with Crippen LogP contribution < -0.4 is 15.5 Å². The molecule has 2 heterocycles. The third kappa shape index (κ3) is 7.16. The van der Waals surface area contributed by atoms with Crippen LogP contribution in [-0.2, 0) is 0 Å². The van der Waals surface area contributed by atoms with E-state index in [-0.39, 0.29) is 29.5 Å². The Morgan fingerprint density at radius 3 is 2.33 bits per heavy atom. The van der Waals surface area contributed by atoms with Gasteiger partial charge in [0.1, 0.15) is 0 Å². The second kappa shape index (κ2) is 9.97. The van der Waals surface area contributed by atoms with E-state index in [9.17, 15) is 0 Å². The topological polar surface area (TPSA) is 68.7 Å². The monoisotopic (exact) mass is 447 g/mol. The second-order valence-electron chi connectivity index (χ2n) is 6.75. The molecule has 0 unspecified atom stereocenters. The van der Waals surface area contributed by atoms with Gasteiger partial charge in [-0.1, -0.05) is 0 Å². The van der Waals surface area contributed by atoms with Crippen LogP contribution in [0.15, 0.2) is 23.5 Å². The highest BCUT2D eigenvalue weighted by Crippen LogP contribution is 2.09. The summed E-state index contributed by atoms with van der Waals surface area (Å²) in [4.78, 5) is 17.6. The standard InChI is InChI=1S/C16H29N7.HI/c1-16(2,3)21-14(17-4)18-8-9-22-10-12-23(13-11-22)15-19-6-5-7-20-15;/h5-7H,8-13H2,1-4H3,(H2,17,18,21);1H. The van der Waals surface area contributed by atoms with Gasteiger partial charge in [-0.2, -0.15) is 0 Å². The van der Waals surface area contributed by atoms with Crippen LogP contribution in [0.4, 0.5) is 5.95 Å². The first-order chi connectivity index (χ1) is 11.0. The van der Waals surface area contributed by atoms with Gasteiger partial charge < -0.3 is 15.5 Å². The molecule has 1 aromatic rings. The van der Waals surface area contributed by atoms with E-state index in [4.69, 9.17) is 0 Å². The number of hydrogen-bond acceptors (Lipinski definition) is 5. The Morgan fingerprint density at radius 2 is 1.79 bits per heavy atom. The van der Waals surface area contributed by atoms with Crippen molar-refractivity contribution in [1.82, 2.24) is 25.5 Å². The van der Waals surface area contributed by atoms with E-state index in [0.717, 1.165) is 51.2 Å². The maximum absolute atomic E-state index is 4.32. The lowest BCUT2D eigenvalue weighted by Gasteiger charge is -2.34. The van der Waals surface area contributed by atoms with Gasteiger partial charge >= 0.3 is 0 Å². The van der Waals surface area contributed by atoms with E-state index in [0.29, 0.717) is 0 Å². The van der Waals surface area contributed by atoms with Gasteiger partial charge in [0.15, 0.2) is 5.96 Å². The lowest BCUT2D eigenvalue weighted by atomic mass is 10.1. The molecule has 136 valence electrons. The van der Waals surface area contributed by atoms with Gasteiger partial charge in [0.05, 0.1) is 0 Å². The van der Waals surface area contributed by atoms with Crippen LogP contribution in [-0.4, -0.2) is 72.7 Å². The van der Waals surface area contributed by atoms with E-state index in [2.05, 4.69) is 56.2 Å². The summed E-state index contributed by atoms with van der Waals surface area (Å²) in [5, 5.41) is 6.74. The Kier molecular flexibility index (Phi) is 8.68. The minimum absolute atomic E-state index is 0. The van der Waals surface area contributed by atoms with Crippen LogP contribution >= 0.6 is 24.0 Å². The summed E-state index contributed by atoms with van der Waals surface area (Å²) in [6.45, 7) is 12.3. The summed E-state index contributed by atoms with van der Waals surface area (Å²) < 4.78 is 0. The van der Waals surface area contributed by atoms with Crippen molar-refractivity contribution < 1.29 is 0 Å². The van der Waals surface area contributed by atoms with Crippen molar-refractivity contribution in [3.05, 3.63) is 18.5 Å². The van der Waals surface area contributed by atoms with Crippen LogP contribution in [0, 0.1) is 0 Å². The quantitative estimate of drug-likeness (QED) is 0.411. The van der Waals surface area contributed by atoms with Crippen LogP contribution in [0.2, 0.25) is 0 Å². The molecule has 1 aliphatic rings. The zero-order chi connectivity index (χ0) is 16.7. The fourth-order valence-electron chi connectivity index (χ4n) is 2.49.